The summed E-state index contributed by atoms with van der Waals surface area (Å²) in [6.45, 7) is 3.66. The number of rotatable bonds is 5. The van der Waals surface area contributed by atoms with Crippen molar-refractivity contribution in [2.45, 2.75) is 24.4 Å². The van der Waals surface area contributed by atoms with Crippen LogP contribution in [0, 0.1) is 0 Å². The largest absolute Gasteiger partial charge is 0.303 e. The first-order valence-electron chi connectivity index (χ1n) is 6.73. The van der Waals surface area contributed by atoms with Gasteiger partial charge in [0.15, 0.2) is 5.82 Å². The molecular weight excluding hydrogens is 276 g/mol. The molecule has 1 aliphatic rings. The molecule has 1 aliphatic heterocycles. The number of hydrogen-bond acceptors (Lipinski definition) is 5. The first-order valence-corrected chi connectivity index (χ1v) is 8.60. The van der Waals surface area contributed by atoms with E-state index in [1.165, 1.54) is 32.4 Å². The molecule has 0 unspecified atom stereocenters. The molecule has 4 nitrogen and oxygen atoms in total. The Bertz CT molecular complexity index is 488. The van der Waals surface area contributed by atoms with Crippen LogP contribution in [0.5, 0.6) is 0 Å². The monoisotopic (exact) mass is 294 g/mol. The van der Waals surface area contributed by atoms with Crippen LogP contribution in [-0.4, -0.2) is 45.5 Å². The molecule has 0 bridgehead atoms. The van der Waals surface area contributed by atoms with Crippen molar-refractivity contribution in [1.29, 1.82) is 0 Å². The van der Waals surface area contributed by atoms with Crippen LogP contribution in [0.15, 0.2) is 22.7 Å². The van der Waals surface area contributed by atoms with Gasteiger partial charge in [-0.3, -0.25) is 5.10 Å². The molecule has 6 heteroatoms. The highest BCUT2D eigenvalue weighted by Gasteiger charge is 2.11. The van der Waals surface area contributed by atoms with E-state index < -0.39 is 0 Å². The van der Waals surface area contributed by atoms with Crippen LogP contribution in [-0.2, 0) is 0 Å². The molecule has 3 rings (SSSR count). The summed E-state index contributed by atoms with van der Waals surface area (Å²) < 4.78 is 0. The number of nitrogens with one attached hydrogen (secondary N) is 1. The molecule has 2 aromatic rings. The zero-order valence-electron chi connectivity index (χ0n) is 10.8. The first-order chi connectivity index (χ1) is 9.42. The van der Waals surface area contributed by atoms with Gasteiger partial charge in [-0.25, -0.2) is 4.98 Å². The van der Waals surface area contributed by atoms with Gasteiger partial charge in [-0.05, 0) is 37.4 Å². The van der Waals surface area contributed by atoms with Crippen molar-refractivity contribution in [1.82, 2.24) is 20.1 Å². The van der Waals surface area contributed by atoms with Crippen LogP contribution in [0.3, 0.4) is 0 Å². The molecule has 0 aliphatic carbocycles. The Labute approximate surface area is 121 Å². The molecule has 2 aromatic heterocycles. The summed E-state index contributed by atoms with van der Waals surface area (Å²) >= 11 is 3.43. The fourth-order valence-corrected chi connectivity index (χ4v) is 3.75. The Balaban J connectivity index is 1.48. The van der Waals surface area contributed by atoms with Gasteiger partial charge in [0.05, 0.1) is 4.88 Å². The number of H-pyrrole nitrogens is 1. The first kappa shape index (κ1) is 13.1. The zero-order valence-corrected chi connectivity index (χ0v) is 12.5. The highest BCUT2D eigenvalue weighted by molar-refractivity contribution is 7.99. The number of likely N-dealkylation sites (tertiary alicyclic amines) is 1. The smallest absolute Gasteiger partial charge is 0.208 e. The minimum atomic E-state index is 0.861. The van der Waals surface area contributed by atoms with E-state index in [0.29, 0.717) is 0 Å². The molecule has 0 amide bonds. The van der Waals surface area contributed by atoms with Gasteiger partial charge in [-0.15, -0.1) is 16.4 Å². The summed E-state index contributed by atoms with van der Waals surface area (Å²) in [5, 5.41) is 10.2. The number of nitrogens with zero attached hydrogens (tertiary/aromatic N) is 3. The Morgan fingerprint density at radius 1 is 1.32 bits per heavy atom. The number of thiophene rings is 1. The maximum Gasteiger partial charge on any atom is 0.208 e. The molecule has 0 radical (unpaired) electrons. The van der Waals surface area contributed by atoms with Gasteiger partial charge >= 0.3 is 0 Å². The number of aromatic amines is 1. The molecule has 1 fully saturated rings. The summed E-state index contributed by atoms with van der Waals surface area (Å²) in [5.41, 5.74) is 0. The van der Waals surface area contributed by atoms with Gasteiger partial charge < -0.3 is 4.90 Å². The SMILES string of the molecule is c1csc(-c2nc(SCCN3CCCCC3)n[nH]2)c1. The third-order valence-corrected chi connectivity index (χ3v) is 5.01. The Hall–Kier alpha value is -0.850. The summed E-state index contributed by atoms with van der Waals surface area (Å²) in [7, 11) is 0. The topological polar surface area (TPSA) is 44.8 Å². The van der Waals surface area contributed by atoms with E-state index in [-0.39, 0.29) is 0 Å². The zero-order chi connectivity index (χ0) is 12.9. The van der Waals surface area contributed by atoms with Crippen molar-refractivity contribution >= 4 is 23.1 Å². The Morgan fingerprint density at radius 3 is 3.00 bits per heavy atom. The van der Waals surface area contributed by atoms with Gasteiger partial charge in [0.1, 0.15) is 0 Å². The molecule has 19 heavy (non-hydrogen) atoms. The van der Waals surface area contributed by atoms with Gasteiger partial charge in [0.25, 0.3) is 0 Å². The Morgan fingerprint density at radius 2 is 2.21 bits per heavy atom. The number of piperidine rings is 1. The predicted octanol–water partition coefficient (Wildman–Crippen LogP) is 3.11. The van der Waals surface area contributed by atoms with Crippen LogP contribution in [0.4, 0.5) is 0 Å². The molecule has 102 valence electrons. The lowest BCUT2D eigenvalue weighted by Crippen LogP contribution is -2.31. The normalized spacial score (nSPS) is 16.8. The van der Waals surface area contributed by atoms with Crippen LogP contribution in [0.1, 0.15) is 19.3 Å². The minimum absolute atomic E-state index is 0.861. The van der Waals surface area contributed by atoms with Crippen LogP contribution in [0.25, 0.3) is 10.7 Å². The van der Waals surface area contributed by atoms with Crippen molar-refractivity contribution < 1.29 is 0 Å². The number of hydrogen-bond donors (Lipinski definition) is 1. The lowest BCUT2D eigenvalue weighted by Gasteiger charge is -2.25. The second-order valence-corrected chi connectivity index (χ2v) is 6.70. The maximum atomic E-state index is 4.52. The average molecular weight is 294 g/mol. The van der Waals surface area contributed by atoms with Crippen LogP contribution >= 0.6 is 23.1 Å². The molecule has 0 saturated carbocycles. The van der Waals surface area contributed by atoms with Gasteiger partial charge in [-0.1, -0.05) is 24.2 Å². The van der Waals surface area contributed by atoms with E-state index in [4.69, 9.17) is 0 Å². The summed E-state index contributed by atoms with van der Waals surface area (Å²) in [6.07, 6.45) is 4.11. The van der Waals surface area contributed by atoms with E-state index in [2.05, 4.69) is 31.5 Å². The van der Waals surface area contributed by atoms with Crippen molar-refractivity contribution in [3.63, 3.8) is 0 Å². The van der Waals surface area contributed by atoms with Crippen LogP contribution in [0.2, 0.25) is 0 Å². The van der Waals surface area contributed by atoms with E-state index in [1.54, 1.807) is 23.1 Å². The second kappa shape index (κ2) is 6.54. The third kappa shape index (κ3) is 3.58. The van der Waals surface area contributed by atoms with Crippen molar-refractivity contribution in [3.8, 4) is 10.7 Å². The van der Waals surface area contributed by atoms with Crippen LogP contribution < -0.4 is 0 Å². The van der Waals surface area contributed by atoms with E-state index >= 15 is 0 Å². The van der Waals surface area contributed by atoms with Gasteiger partial charge in [0.2, 0.25) is 5.16 Å². The van der Waals surface area contributed by atoms with E-state index in [9.17, 15) is 0 Å². The van der Waals surface area contributed by atoms with Crippen molar-refractivity contribution in [2.75, 3.05) is 25.4 Å². The summed E-state index contributed by atoms with van der Waals surface area (Å²) in [5.74, 6) is 1.96. The lowest BCUT2D eigenvalue weighted by atomic mass is 10.1. The van der Waals surface area contributed by atoms with Gasteiger partial charge in [-0.2, -0.15) is 0 Å². The lowest BCUT2D eigenvalue weighted by molar-refractivity contribution is 0.242. The molecule has 0 spiro atoms. The molecular formula is C13H18N4S2. The fraction of sp³-hybridized carbons (Fsp3) is 0.538. The maximum absolute atomic E-state index is 4.52. The van der Waals surface area contributed by atoms with Crippen molar-refractivity contribution in [2.24, 2.45) is 0 Å². The molecule has 0 atom stereocenters. The fourth-order valence-electron chi connectivity index (χ4n) is 2.28. The van der Waals surface area contributed by atoms with E-state index in [0.717, 1.165) is 28.2 Å². The molecule has 1 N–H and O–H groups in total. The number of thioether (sulfide) groups is 1. The minimum Gasteiger partial charge on any atom is -0.303 e. The predicted molar refractivity (Wildman–Crippen MR) is 80.7 cm³/mol. The Kier molecular flexibility index (Phi) is 4.53. The highest BCUT2D eigenvalue weighted by atomic mass is 32.2. The number of aromatic nitrogens is 3. The summed E-state index contributed by atoms with van der Waals surface area (Å²) in [6, 6.07) is 4.10. The molecule has 3 heterocycles. The highest BCUT2D eigenvalue weighted by Crippen LogP contribution is 2.23. The van der Waals surface area contributed by atoms with Gasteiger partial charge in [0, 0.05) is 12.3 Å². The third-order valence-electron chi connectivity index (χ3n) is 3.31. The molecule has 1 saturated heterocycles. The quantitative estimate of drug-likeness (QED) is 0.861. The second-order valence-electron chi connectivity index (χ2n) is 4.69. The summed E-state index contributed by atoms with van der Waals surface area (Å²) in [4.78, 5) is 8.22. The molecule has 0 aromatic carbocycles. The van der Waals surface area contributed by atoms with E-state index in [1.807, 2.05) is 6.07 Å². The standard InChI is InChI=1S/C13H18N4S2/c1-2-6-17(7-3-1)8-10-19-13-14-12(15-16-13)11-5-4-9-18-11/h4-5,9H,1-3,6-8,10H2,(H,14,15,16). The van der Waals surface area contributed by atoms with Crippen molar-refractivity contribution in [3.05, 3.63) is 17.5 Å². The average Bonchev–Trinajstić information content (AvgIpc) is 3.10.